The predicted octanol–water partition coefficient (Wildman–Crippen LogP) is 1.90. The van der Waals surface area contributed by atoms with Gasteiger partial charge in [0.2, 0.25) is 0 Å². The molecule has 0 amide bonds. The zero-order chi connectivity index (χ0) is 11.7. The number of phenolic OH excluding ortho intramolecular Hbond substituents is 2. The number of hydrogen-bond acceptors (Lipinski definition) is 3. The van der Waals surface area contributed by atoms with Gasteiger partial charge < -0.3 is 15.3 Å². The van der Waals surface area contributed by atoms with Gasteiger partial charge in [0.25, 0.3) is 0 Å². The number of phenols is 2. The number of aliphatic carboxylic acids is 1. The second kappa shape index (κ2) is 3.81. The van der Waals surface area contributed by atoms with E-state index in [1.165, 1.54) is 13.0 Å². The van der Waals surface area contributed by atoms with Crippen molar-refractivity contribution < 1.29 is 20.1 Å². The Hall–Kier alpha value is -1.71. The minimum atomic E-state index is -1.03. The molecule has 1 unspecified atom stereocenters. The third-order valence-corrected chi connectivity index (χ3v) is 2.70. The van der Waals surface area contributed by atoms with Crippen molar-refractivity contribution in [3.05, 3.63) is 22.8 Å². The fraction of sp³-hybridized carbons (Fsp3) is 0.364. The number of rotatable bonds is 2. The van der Waals surface area contributed by atoms with Gasteiger partial charge in [-0.25, -0.2) is 0 Å². The Balaban J connectivity index is 3.38. The molecular formula is C11H14O4. The fourth-order valence-electron chi connectivity index (χ4n) is 1.37. The molecule has 0 saturated heterocycles. The van der Waals surface area contributed by atoms with E-state index in [4.69, 9.17) is 5.11 Å². The summed E-state index contributed by atoms with van der Waals surface area (Å²) in [5.41, 5.74) is 1.31. The van der Waals surface area contributed by atoms with Crippen molar-refractivity contribution in [2.45, 2.75) is 26.7 Å². The molecule has 1 aromatic carbocycles. The lowest BCUT2D eigenvalue weighted by Crippen LogP contribution is -2.08. The average Bonchev–Trinajstić information content (AvgIpc) is 2.19. The second-order valence-electron chi connectivity index (χ2n) is 3.64. The highest BCUT2D eigenvalue weighted by Crippen LogP contribution is 2.35. The maximum absolute atomic E-state index is 10.8. The molecule has 82 valence electrons. The van der Waals surface area contributed by atoms with Gasteiger partial charge in [-0.1, -0.05) is 0 Å². The van der Waals surface area contributed by atoms with Crippen molar-refractivity contribution >= 4 is 5.97 Å². The third kappa shape index (κ3) is 1.88. The van der Waals surface area contributed by atoms with Crippen molar-refractivity contribution in [3.63, 3.8) is 0 Å². The molecule has 4 nitrogen and oxygen atoms in total. The Kier molecular flexibility index (Phi) is 2.88. The summed E-state index contributed by atoms with van der Waals surface area (Å²) in [6.45, 7) is 4.77. The summed E-state index contributed by atoms with van der Waals surface area (Å²) in [6.07, 6.45) is 0. The lowest BCUT2D eigenvalue weighted by Gasteiger charge is -2.14. The Morgan fingerprint density at radius 2 is 1.80 bits per heavy atom. The molecule has 1 aromatic rings. The van der Waals surface area contributed by atoms with Crippen molar-refractivity contribution in [2.75, 3.05) is 0 Å². The molecule has 1 atom stereocenters. The summed E-state index contributed by atoms with van der Waals surface area (Å²) in [4.78, 5) is 10.8. The highest BCUT2D eigenvalue weighted by molar-refractivity contribution is 5.77. The van der Waals surface area contributed by atoms with Crippen LogP contribution in [0, 0.1) is 13.8 Å². The SMILES string of the molecule is Cc1c(O)cc(C(C)C(=O)O)c(O)c1C. The quantitative estimate of drug-likeness (QED) is 0.651. The summed E-state index contributed by atoms with van der Waals surface area (Å²) in [6, 6.07) is 1.30. The highest BCUT2D eigenvalue weighted by Gasteiger charge is 2.21. The van der Waals surface area contributed by atoms with Gasteiger partial charge >= 0.3 is 5.97 Å². The van der Waals surface area contributed by atoms with Gasteiger partial charge in [0.15, 0.2) is 0 Å². The molecule has 0 bridgehead atoms. The molecule has 15 heavy (non-hydrogen) atoms. The van der Waals surface area contributed by atoms with Crippen LogP contribution in [0.2, 0.25) is 0 Å². The number of hydrogen-bond donors (Lipinski definition) is 3. The van der Waals surface area contributed by atoms with Crippen LogP contribution in [0.1, 0.15) is 29.5 Å². The molecule has 0 aliphatic rings. The fourth-order valence-corrected chi connectivity index (χ4v) is 1.37. The number of carbonyl (C=O) groups is 1. The normalized spacial score (nSPS) is 12.5. The molecule has 0 heterocycles. The van der Waals surface area contributed by atoms with Gasteiger partial charge in [0, 0.05) is 5.56 Å². The molecule has 0 aliphatic heterocycles. The van der Waals surface area contributed by atoms with Crippen LogP contribution in [0.25, 0.3) is 0 Å². The van der Waals surface area contributed by atoms with Crippen molar-refractivity contribution in [3.8, 4) is 11.5 Å². The molecule has 4 heteroatoms. The first-order valence-electron chi connectivity index (χ1n) is 4.61. The standard InChI is InChI=1S/C11H14O4/c1-5-6(2)10(13)8(4-9(5)12)7(3)11(14)15/h4,7,12-13H,1-3H3,(H,14,15). The Morgan fingerprint density at radius 3 is 2.27 bits per heavy atom. The Morgan fingerprint density at radius 1 is 1.27 bits per heavy atom. The molecule has 0 aliphatic carbocycles. The van der Waals surface area contributed by atoms with Crippen LogP contribution in [0.15, 0.2) is 6.07 Å². The number of carboxylic acids is 1. The van der Waals surface area contributed by atoms with Crippen LogP contribution in [-0.4, -0.2) is 21.3 Å². The first-order chi connectivity index (χ1) is 6.86. The lowest BCUT2D eigenvalue weighted by molar-refractivity contribution is -0.138. The monoisotopic (exact) mass is 210 g/mol. The first-order valence-corrected chi connectivity index (χ1v) is 4.61. The van der Waals surface area contributed by atoms with Crippen molar-refractivity contribution in [1.29, 1.82) is 0 Å². The maximum atomic E-state index is 10.8. The molecule has 0 radical (unpaired) electrons. The van der Waals surface area contributed by atoms with E-state index in [-0.39, 0.29) is 17.1 Å². The van der Waals surface area contributed by atoms with E-state index >= 15 is 0 Å². The summed E-state index contributed by atoms with van der Waals surface area (Å²) in [5, 5.41) is 28.1. The Labute approximate surface area is 87.8 Å². The topological polar surface area (TPSA) is 77.8 Å². The van der Waals surface area contributed by atoms with Gasteiger partial charge in [-0.15, -0.1) is 0 Å². The van der Waals surface area contributed by atoms with E-state index in [0.717, 1.165) is 0 Å². The zero-order valence-electron chi connectivity index (χ0n) is 8.90. The molecule has 1 rings (SSSR count). The van der Waals surface area contributed by atoms with Gasteiger partial charge in [-0.2, -0.15) is 0 Å². The van der Waals surface area contributed by atoms with Gasteiger partial charge in [-0.3, -0.25) is 4.79 Å². The summed E-state index contributed by atoms with van der Waals surface area (Å²) in [7, 11) is 0. The van der Waals surface area contributed by atoms with Crippen LogP contribution < -0.4 is 0 Å². The molecule has 3 N–H and O–H groups in total. The second-order valence-corrected chi connectivity index (χ2v) is 3.64. The van der Waals surface area contributed by atoms with Crippen molar-refractivity contribution in [1.82, 2.24) is 0 Å². The molecule has 0 saturated carbocycles. The number of aromatic hydroxyl groups is 2. The number of carboxylic acid groups (broad SMARTS) is 1. The number of benzene rings is 1. The molecule has 0 spiro atoms. The molecular weight excluding hydrogens is 196 g/mol. The summed E-state index contributed by atoms with van der Waals surface area (Å²) < 4.78 is 0. The van der Waals surface area contributed by atoms with Crippen LogP contribution >= 0.6 is 0 Å². The van der Waals surface area contributed by atoms with Gasteiger partial charge in [0.05, 0.1) is 5.92 Å². The van der Waals surface area contributed by atoms with Gasteiger partial charge in [0.1, 0.15) is 11.5 Å². The average molecular weight is 210 g/mol. The van der Waals surface area contributed by atoms with E-state index in [2.05, 4.69) is 0 Å². The van der Waals surface area contributed by atoms with Crippen LogP contribution in [0.5, 0.6) is 11.5 Å². The zero-order valence-corrected chi connectivity index (χ0v) is 8.90. The Bertz CT molecular complexity index is 410. The maximum Gasteiger partial charge on any atom is 0.310 e. The van der Waals surface area contributed by atoms with Crippen LogP contribution in [-0.2, 0) is 4.79 Å². The van der Waals surface area contributed by atoms with Crippen LogP contribution in [0.4, 0.5) is 0 Å². The van der Waals surface area contributed by atoms with Crippen molar-refractivity contribution in [2.24, 2.45) is 0 Å². The third-order valence-electron chi connectivity index (χ3n) is 2.70. The smallest absolute Gasteiger partial charge is 0.310 e. The minimum Gasteiger partial charge on any atom is -0.508 e. The lowest BCUT2D eigenvalue weighted by atomic mass is 9.95. The van der Waals surface area contributed by atoms with E-state index in [1.54, 1.807) is 13.8 Å². The van der Waals surface area contributed by atoms with Crippen LogP contribution in [0.3, 0.4) is 0 Å². The predicted molar refractivity (Wildman–Crippen MR) is 55.3 cm³/mol. The molecule has 0 fully saturated rings. The first kappa shape index (κ1) is 11.4. The summed E-state index contributed by atoms with van der Waals surface area (Å²) >= 11 is 0. The molecule has 0 aromatic heterocycles. The van der Waals surface area contributed by atoms with E-state index in [1.807, 2.05) is 0 Å². The van der Waals surface area contributed by atoms with E-state index in [9.17, 15) is 15.0 Å². The van der Waals surface area contributed by atoms with Gasteiger partial charge in [-0.05, 0) is 38.0 Å². The highest BCUT2D eigenvalue weighted by atomic mass is 16.4. The van der Waals surface area contributed by atoms with E-state index in [0.29, 0.717) is 11.1 Å². The van der Waals surface area contributed by atoms with E-state index < -0.39 is 11.9 Å². The minimum absolute atomic E-state index is 0.00778. The summed E-state index contributed by atoms with van der Waals surface area (Å²) in [5.74, 6) is -1.92. The largest absolute Gasteiger partial charge is 0.508 e.